The van der Waals surface area contributed by atoms with E-state index in [1.54, 1.807) is 0 Å². The summed E-state index contributed by atoms with van der Waals surface area (Å²) in [5, 5.41) is 2.89. The van der Waals surface area contributed by atoms with E-state index in [4.69, 9.17) is 0 Å². The fourth-order valence-electron chi connectivity index (χ4n) is 2.29. The molecule has 0 aliphatic rings. The van der Waals surface area contributed by atoms with Crippen molar-refractivity contribution in [3.63, 3.8) is 0 Å². The first-order chi connectivity index (χ1) is 10.3. The van der Waals surface area contributed by atoms with Crippen LogP contribution in [0.2, 0.25) is 0 Å². The maximum atomic E-state index is 11.8. The van der Waals surface area contributed by atoms with Crippen LogP contribution in [0.1, 0.15) is 18.7 Å². The van der Waals surface area contributed by atoms with Gasteiger partial charge in [-0.15, -0.1) is 0 Å². The number of aryl methyl sites for hydroxylation is 1. The van der Waals surface area contributed by atoms with Crippen molar-refractivity contribution in [2.24, 2.45) is 0 Å². The Balaban J connectivity index is 1.50. The van der Waals surface area contributed by atoms with Gasteiger partial charge in [-0.25, -0.2) is 4.98 Å². The predicted molar refractivity (Wildman–Crippen MR) is 84.1 cm³/mol. The number of rotatable bonds is 5. The summed E-state index contributed by atoms with van der Waals surface area (Å²) in [6, 6.07) is 17.5. The predicted octanol–water partition coefficient (Wildman–Crippen LogP) is 3.52. The highest BCUT2D eigenvalue weighted by Crippen LogP contribution is 2.12. The zero-order chi connectivity index (χ0) is 14.5. The van der Waals surface area contributed by atoms with Gasteiger partial charge in [0.25, 0.3) is 0 Å². The molecule has 3 rings (SSSR count). The number of fused-ring (bicyclic) bond motifs is 1. The molecule has 21 heavy (non-hydrogen) atoms. The third-order valence-electron chi connectivity index (χ3n) is 3.31. The molecule has 106 valence electrons. The largest absolute Gasteiger partial charge is 0.342 e. The molecule has 0 unspecified atom stereocenters. The number of hydrogen-bond acceptors (Lipinski definition) is 2. The normalized spacial score (nSPS) is 10.7. The number of H-pyrrole nitrogens is 1. The highest BCUT2D eigenvalue weighted by Gasteiger charge is 2.05. The summed E-state index contributed by atoms with van der Waals surface area (Å²) >= 11 is 0. The summed E-state index contributed by atoms with van der Waals surface area (Å²) in [7, 11) is 0. The fourth-order valence-corrected chi connectivity index (χ4v) is 2.29. The van der Waals surface area contributed by atoms with E-state index in [2.05, 4.69) is 15.3 Å². The van der Waals surface area contributed by atoms with Crippen LogP contribution in [-0.4, -0.2) is 15.9 Å². The number of aromatic amines is 1. The van der Waals surface area contributed by atoms with Crippen LogP contribution in [0.4, 0.5) is 5.69 Å². The van der Waals surface area contributed by atoms with Crippen molar-refractivity contribution < 1.29 is 4.79 Å². The molecule has 2 N–H and O–H groups in total. The molecule has 0 atom stereocenters. The molecule has 1 heterocycles. The summed E-state index contributed by atoms with van der Waals surface area (Å²) < 4.78 is 0. The molecule has 0 bridgehead atoms. The van der Waals surface area contributed by atoms with Crippen LogP contribution in [0, 0.1) is 0 Å². The minimum absolute atomic E-state index is 0.0392. The first kappa shape index (κ1) is 13.4. The molecule has 4 heteroatoms. The molecule has 0 aliphatic heterocycles. The maximum Gasteiger partial charge on any atom is 0.224 e. The van der Waals surface area contributed by atoms with Crippen molar-refractivity contribution in [2.45, 2.75) is 19.3 Å². The molecule has 0 aliphatic carbocycles. The highest BCUT2D eigenvalue weighted by atomic mass is 16.1. The second-order valence-electron chi connectivity index (χ2n) is 4.97. The van der Waals surface area contributed by atoms with Crippen LogP contribution >= 0.6 is 0 Å². The number of aromatic nitrogens is 2. The van der Waals surface area contributed by atoms with E-state index in [-0.39, 0.29) is 5.91 Å². The molecule has 1 aromatic heterocycles. The summed E-state index contributed by atoms with van der Waals surface area (Å²) in [5.41, 5.74) is 2.86. The van der Waals surface area contributed by atoms with Gasteiger partial charge < -0.3 is 10.3 Å². The van der Waals surface area contributed by atoms with Crippen molar-refractivity contribution in [3.05, 3.63) is 60.4 Å². The first-order valence-electron chi connectivity index (χ1n) is 7.10. The lowest BCUT2D eigenvalue weighted by molar-refractivity contribution is -0.116. The molecule has 0 spiro atoms. The summed E-state index contributed by atoms with van der Waals surface area (Å²) in [6.45, 7) is 0. The molecule has 0 saturated heterocycles. The Labute approximate surface area is 123 Å². The maximum absolute atomic E-state index is 11.8. The van der Waals surface area contributed by atoms with Gasteiger partial charge >= 0.3 is 0 Å². The van der Waals surface area contributed by atoms with Gasteiger partial charge in [0, 0.05) is 18.5 Å². The molecule has 0 radical (unpaired) electrons. The number of benzene rings is 2. The van der Waals surface area contributed by atoms with Crippen molar-refractivity contribution in [2.75, 3.05) is 5.32 Å². The van der Waals surface area contributed by atoms with Crippen molar-refractivity contribution in [1.82, 2.24) is 9.97 Å². The van der Waals surface area contributed by atoms with Gasteiger partial charge in [-0.2, -0.15) is 0 Å². The zero-order valence-electron chi connectivity index (χ0n) is 11.7. The SMILES string of the molecule is O=C(CCCc1nc2ccccc2[nH]1)Nc1ccccc1. The van der Waals surface area contributed by atoms with Gasteiger partial charge in [-0.05, 0) is 30.7 Å². The lowest BCUT2D eigenvalue weighted by atomic mass is 10.2. The Morgan fingerprint density at radius 3 is 2.62 bits per heavy atom. The number of imidazole rings is 1. The molecular formula is C17H17N3O. The minimum Gasteiger partial charge on any atom is -0.342 e. The number of hydrogen-bond donors (Lipinski definition) is 2. The average Bonchev–Trinajstić information content (AvgIpc) is 2.91. The molecular weight excluding hydrogens is 262 g/mol. The van der Waals surface area contributed by atoms with Gasteiger partial charge in [0.15, 0.2) is 0 Å². The number of carbonyl (C=O) groups is 1. The Morgan fingerprint density at radius 2 is 1.81 bits per heavy atom. The van der Waals surface area contributed by atoms with Crippen molar-refractivity contribution in [1.29, 1.82) is 0 Å². The highest BCUT2D eigenvalue weighted by molar-refractivity contribution is 5.90. The summed E-state index contributed by atoms with van der Waals surface area (Å²) in [4.78, 5) is 19.6. The second-order valence-corrected chi connectivity index (χ2v) is 4.97. The van der Waals surface area contributed by atoms with Crippen molar-refractivity contribution >= 4 is 22.6 Å². The van der Waals surface area contributed by atoms with Gasteiger partial charge in [0.1, 0.15) is 5.82 Å². The topological polar surface area (TPSA) is 57.8 Å². The number of amides is 1. The minimum atomic E-state index is 0.0392. The summed E-state index contributed by atoms with van der Waals surface area (Å²) in [6.07, 6.45) is 2.04. The Bertz CT molecular complexity index is 701. The van der Waals surface area contributed by atoms with E-state index < -0.39 is 0 Å². The number of nitrogens with zero attached hydrogens (tertiary/aromatic N) is 1. The molecule has 1 amide bonds. The van der Waals surface area contributed by atoms with E-state index in [0.717, 1.165) is 35.4 Å². The number of carbonyl (C=O) groups excluding carboxylic acids is 1. The van der Waals surface area contributed by atoms with E-state index >= 15 is 0 Å². The van der Waals surface area contributed by atoms with E-state index in [1.807, 2.05) is 54.6 Å². The van der Waals surface area contributed by atoms with E-state index in [1.165, 1.54) is 0 Å². The Morgan fingerprint density at radius 1 is 1.05 bits per heavy atom. The number of para-hydroxylation sites is 3. The molecule has 3 aromatic rings. The van der Waals surface area contributed by atoms with E-state index in [9.17, 15) is 4.79 Å². The Hall–Kier alpha value is -2.62. The van der Waals surface area contributed by atoms with Crippen LogP contribution in [0.3, 0.4) is 0 Å². The molecule has 0 fully saturated rings. The van der Waals surface area contributed by atoms with Crippen LogP contribution in [0.15, 0.2) is 54.6 Å². The van der Waals surface area contributed by atoms with Gasteiger partial charge in [-0.3, -0.25) is 4.79 Å². The summed E-state index contributed by atoms with van der Waals surface area (Å²) in [5.74, 6) is 0.973. The van der Waals surface area contributed by atoms with Gasteiger partial charge in [-0.1, -0.05) is 30.3 Å². The van der Waals surface area contributed by atoms with Gasteiger partial charge in [0.2, 0.25) is 5.91 Å². The molecule has 2 aromatic carbocycles. The third-order valence-corrected chi connectivity index (χ3v) is 3.31. The molecule has 0 saturated carbocycles. The monoisotopic (exact) mass is 279 g/mol. The standard InChI is InChI=1S/C17H17N3O/c21-17(18-13-7-2-1-3-8-13)12-6-11-16-19-14-9-4-5-10-15(14)20-16/h1-5,7-10H,6,11-12H2,(H,18,21)(H,19,20). The van der Waals surface area contributed by atoms with Crippen LogP contribution in [-0.2, 0) is 11.2 Å². The smallest absolute Gasteiger partial charge is 0.224 e. The lowest BCUT2D eigenvalue weighted by Crippen LogP contribution is -2.11. The number of nitrogens with one attached hydrogen (secondary N) is 2. The average molecular weight is 279 g/mol. The van der Waals surface area contributed by atoms with Crippen LogP contribution in [0.25, 0.3) is 11.0 Å². The first-order valence-corrected chi connectivity index (χ1v) is 7.10. The van der Waals surface area contributed by atoms with E-state index in [0.29, 0.717) is 6.42 Å². The fraction of sp³-hybridized carbons (Fsp3) is 0.176. The third kappa shape index (κ3) is 3.48. The quantitative estimate of drug-likeness (QED) is 0.750. The van der Waals surface area contributed by atoms with Crippen molar-refractivity contribution in [3.8, 4) is 0 Å². The second kappa shape index (κ2) is 6.22. The molecule has 4 nitrogen and oxygen atoms in total. The lowest BCUT2D eigenvalue weighted by Gasteiger charge is -2.04. The van der Waals surface area contributed by atoms with Crippen LogP contribution in [0.5, 0.6) is 0 Å². The Kier molecular flexibility index (Phi) is 3.96. The number of anilines is 1. The zero-order valence-corrected chi connectivity index (χ0v) is 11.7. The van der Waals surface area contributed by atoms with Crippen LogP contribution < -0.4 is 5.32 Å². The van der Waals surface area contributed by atoms with Gasteiger partial charge in [0.05, 0.1) is 11.0 Å².